The standard InChI is InChI=1S/C21H25N3O4/c1-5-15-20(25)24(21(26)23-15)13(3)10-11-18(22-4)28-17-9-7-8-14-12-27-16(6-2)19(14)17/h7-11,15-16H,4-6,12H2,1-3H3,(H,23,26)/b13-10+,18-11+/t15-,16?/m1/s1. The summed E-state index contributed by atoms with van der Waals surface area (Å²) in [5.74, 6) is 0.689. The number of carbonyl (C=O) groups is 2. The molecule has 3 rings (SSSR count). The zero-order valence-electron chi connectivity index (χ0n) is 16.4. The summed E-state index contributed by atoms with van der Waals surface area (Å²) >= 11 is 0. The predicted octanol–water partition coefficient (Wildman–Crippen LogP) is 3.82. The van der Waals surface area contributed by atoms with Crippen LogP contribution in [0.2, 0.25) is 0 Å². The maximum atomic E-state index is 12.3. The number of carbonyl (C=O) groups excluding carboxylic acids is 2. The van der Waals surface area contributed by atoms with Crippen molar-refractivity contribution in [1.82, 2.24) is 10.2 Å². The summed E-state index contributed by atoms with van der Waals surface area (Å²) in [5.41, 5.74) is 2.61. The van der Waals surface area contributed by atoms with Crippen LogP contribution in [-0.4, -0.2) is 29.6 Å². The monoisotopic (exact) mass is 383 g/mol. The molecule has 1 fully saturated rings. The molecule has 2 atom stereocenters. The van der Waals surface area contributed by atoms with E-state index in [2.05, 4.69) is 24.0 Å². The highest BCUT2D eigenvalue weighted by Crippen LogP contribution is 2.39. The smallest absolute Gasteiger partial charge is 0.329 e. The van der Waals surface area contributed by atoms with Crippen LogP contribution in [-0.2, 0) is 16.1 Å². The molecule has 0 radical (unpaired) electrons. The molecule has 1 saturated heterocycles. The van der Waals surface area contributed by atoms with Gasteiger partial charge in [0.15, 0.2) is 0 Å². The van der Waals surface area contributed by atoms with Crippen molar-refractivity contribution in [3.63, 3.8) is 0 Å². The van der Waals surface area contributed by atoms with Gasteiger partial charge in [0.05, 0.1) is 12.7 Å². The third-order valence-electron chi connectivity index (χ3n) is 4.91. The summed E-state index contributed by atoms with van der Waals surface area (Å²) in [7, 11) is 0. The van der Waals surface area contributed by atoms with Crippen molar-refractivity contribution < 1.29 is 19.1 Å². The third-order valence-corrected chi connectivity index (χ3v) is 4.91. The average molecular weight is 383 g/mol. The molecule has 2 heterocycles. The molecule has 0 saturated carbocycles. The summed E-state index contributed by atoms with van der Waals surface area (Å²) in [6, 6.07) is 4.90. The molecule has 148 valence electrons. The second-order valence-corrected chi connectivity index (χ2v) is 6.69. The molecule has 7 nitrogen and oxygen atoms in total. The normalized spacial score (nSPS) is 22.3. The molecule has 1 unspecified atom stereocenters. The maximum Gasteiger partial charge on any atom is 0.329 e. The number of hydrogen-bond donors (Lipinski definition) is 1. The van der Waals surface area contributed by atoms with Gasteiger partial charge in [-0.2, -0.15) is 0 Å². The Morgan fingerprint density at radius 1 is 1.36 bits per heavy atom. The highest BCUT2D eigenvalue weighted by Gasteiger charge is 2.37. The van der Waals surface area contributed by atoms with E-state index in [4.69, 9.17) is 9.47 Å². The summed E-state index contributed by atoms with van der Waals surface area (Å²) in [6.07, 6.45) is 4.60. The number of rotatable bonds is 7. The topological polar surface area (TPSA) is 80.2 Å². The fourth-order valence-corrected chi connectivity index (χ4v) is 3.41. The zero-order valence-corrected chi connectivity index (χ0v) is 16.4. The lowest BCUT2D eigenvalue weighted by molar-refractivity contribution is -0.126. The van der Waals surface area contributed by atoms with Crippen molar-refractivity contribution in [2.75, 3.05) is 0 Å². The summed E-state index contributed by atoms with van der Waals surface area (Å²) in [4.78, 5) is 29.4. The van der Waals surface area contributed by atoms with E-state index in [1.807, 2.05) is 25.1 Å². The molecule has 2 aliphatic heterocycles. The Balaban J connectivity index is 1.82. The van der Waals surface area contributed by atoms with E-state index < -0.39 is 12.1 Å². The number of fused-ring (bicyclic) bond motifs is 1. The second-order valence-electron chi connectivity index (χ2n) is 6.69. The van der Waals surface area contributed by atoms with Gasteiger partial charge in [-0.1, -0.05) is 26.0 Å². The largest absolute Gasteiger partial charge is 0.439 e. The van der Waals surface area contributed by atoms with Gasteiger partial charge in [0.2, 0.25) is 5.88 Å². The molecular formula is C21H25N3O4. The van der Waals surface area contributed by atoms with Crippen molar-refractivity contribution >= 4 is 18.7 Å². The lowest BCUT2D eigenvalue weighted by Gasteiger charge is -2.14. The van der Waals surface area contributed by atoms with Gasteiger partial charge in [0, 0.05) is 17.3 Å². The number of nitrogens with one attached hydrogen (secondary N) is 1. The molecule has 1 aromatic carbocycles. The van der Waals surface area contributed by atoms with E-state index in [-0.39, 0.29) is 17.9 Å². The van der Waals surface area contributed by atoms with Crippen LogP contribution in [0, 0.1) is 0 Å². The van der Waals surface area contributed by atoms with Gasteiger partial charge in [0.25, 0.3) is 5.91 Å². The van der Waals surface area contributed by atoms with Gasteiger partial charge >= 0.3 is 6.03 Å². The molecule has 1 aromatic rings. The van der Waals surface area contributed by atoms with Crippen molar-refractivity contribution in [3.8, 4) is 5.75 Å². The van der Waals surface area contributed by atoms with Gasteiger partial charge in [-0.05, 0) is 44.2 Å². The van der Waals surface area contributed by atoms with Gasteiger partial charge in [0.1, 0.15) is 11.8 Å². The highest BCUT2D eigenvalue weighted by atomic mass is 16.5. The average Bonchev–Trinajstić information content (AvgIpc) is 3.25. The molecule has 0 aromatic heterocycles. The van der Waals surface area contributed by atoms with Crippen molar-refractivity contribution in [2.45, 2.75) is 52.4 Å². The van der Waals surface area contributed by atoms with Gasteiger partial charge in [-0.15, -0.1) is 0 Å². The van der Waals surface area contributed by atoms with Crippen LogP contribution in [0.3, 0.4) is 0 Å². The Kier molecular flexibility index (Phi) is 5.94. The zero-order chi connectivity index (χ0) is 20.3. The number of nitrogens with zero attached hydrogens (tertiary/aromatic N) is 2. The molecular weight excluding hydrogens is 358 g/mol. The molecule has 1 N–H and O–H groups in total. The first-order chi connectivity index (χ1) is 13.5. The number of allylic oxidation sites excluding steroid dienone is 3. The Labute approximate surface area is 164 Å². The van der Waals surface area contributed by atoms with Gasteiger partial charge < -0.3 is 14.8 Å². The van der Waals surface area contributed by atoms with Crippen LogP contribution in [0.5, 0.6) is 5.75 Å². The van der Waals surface area contributed by atoms with E-state index in [0.29, 0.717) is 24.5 Å². The molecule has 0 spiro atoms. The Morgan fingerprint density at radius 2 is 2.14 bits per heavy atom. The minimum atomic E-state index is -0.481. The molecule has 0 bridgehead atoms. The number of urea groups is 1. The van der Waals surface area contributed by atoms with Crippen LogP contribution in [0.15, 0.2) is 46.9 Å². The predicted molar refractivity (Wildman–Crippen MR) is 106 cm³/mol. The molecule has 7 heteroatoms. The highest BCUT2D eigenvalue weighted by molar-refractivity contribution is 6.05. The molecule has 2 aliphatic rings. The van der Waals surface area contributed by atoms with Crippen molar-refractivity contribution in [2.24, 2.45) is 4.99 Å². The van der Waals surface area contributed by atoms with Crippen LogP contribution in [0.1, 0.15) is 50.8 Å². The molecule has 28 heavy (non-hydrogen) atoms. The number of imide groups is 1. The van der Waals surface area contributed by atoms with Crippen molar-refractivity contribution in [3.05, 3.63) is 53.1 Å². The number of hydrogen-bond acceptors (Lipinski definition) is 5. The van der Waals surface area contributed by atoms with Gasteiger partial charge in [-0.3, -0.25) is 4.79 Å². The number of benzene rings is 1. The first-order valence-electron chi connectivity index (χ1n) is 9.41. The van der Waals surface area contributed by atoms with E-state index in [1.54, 1.807) is 19.1 Å². The Hall–Kier alpha value is -2.93. The van der Waals surface area contributed by atoms with E-state index >= 15 is 0 Å². The van der Waals surface area contributed by atoms with Crippen LogP contribution in [0.4, 0.5) is 4.79 Å². The number of amides is 3. The second kappa shape index (κ2) is 8.39. The molecule has 3 amide bonds. The fraction of sp³-hybridized carbons (Fsp3) is 0.381. The molecule has 0 aliphatic carbocycles. The SMILES string of the molecule is C=N/C(=C\C=C(/C)N1C(=O)N[C@H](CC)C1=O)Oc1cccc2c1C(CC)OC2. The third kappa shape index (κ3) is 3.71. The quantitative estimate of drug-likeness (QED) is 0.336. The number of ether oxygens (including phenoxy) is 2. The lowest BCUT2D eigenvalue weighted by Crippen LogP contribution is -2.29. The minimum Gasteiger partial charge on any atom is -0.439 e. The minimum absolute atomic E-state index is 0.00793. The van der Waals surface area contributed by atoms with E-state index in [0.717, 1.165) is 22.4 Å². The Morgan fingerprint density at radius 3 is 2.79 bits per heavy atom. The summed E-state index contributed by atoms with van der Waals surface area (Å²) < 4.78 is 11.7. The van der Waals surface area contributed by atoms with Crippen LogP contribution < -0.4 is 10.1 Å². The first-order valence-corrected chi connectivity index (χ1v) is 9.41. The maximum absolute atomic E-state index is 12.3. The first kappa shape index (κ1) is 19.8. The lowest BCUT2D eigenvalue weighted by atomic mass is 10.0. The van der Waals surface area contributed by atoms with Gasteiger partial charge in [-0.25, -0.2) is 14.7 Å². The number of aliphatic imine (C=N–C) groups is 1. The van der Waals surface area contributed by atoms with E-state index in [1.165, 1.54) is 0 Å². The fourth-order valence-electron chi connectivity index (χ4n) is 3.41. The van der Waals surface area contributed by atoms with E-state index in [9.17, 15) is 9.59 Å². The summed E-state index contributed by atoms with van der Waals surface area (Å²) in [5, 5.41) is 2.66. The Bertz CT molecular complexity index is 859. The van der Waals surface area contributed by atoms with Crippen LogP contribution >= 0.6 is 0 Å². The summed E-state index contributed by atoms with van der Waals surface area (Å²) in [6.45, 7) is 9.72. The van der Waals surface area contributed by atoms with Crippen molar-refractivity contribution in [1.29, 1.82) is 0 Å². The van der Waals surface area contributed by atoms with Crippen LogP contribution in [0.25, 0.3) is 0 Å².